The maximum absolute atomic E-state index is 12.2. The number of ketones is 1. The highest BCUT2D eigenvalue weighted by molar-refractivity contribution is 5.98. The Kier molecular flexibility index (Phi) is 7.21. The summed E-state index contributed by atoms with van der Waals surface area (Å²) in [5.74, 6) is -0.0258. The van der Waals surface area contributed by atoms with Gasteiger partial charge in [-0.1, -0.05) is 26.7 Å². The second-order valence-electron chi connectivity index (χ2n) is 5.93. The van der Waals surface area contributed by atoms with Crippen LogP contribution in [0.2, 0.25) is 0 Å². The van der Waals surface area contributed by atoms with Crippen molar-refractivity contribution in [2.24, 2.45) is 0 Å². The lowest BCUT2D eigenvalue weighted by molar-refractivity contribution is 0.0734. The summed E-state index contributed by atoms with van der Waals surface area (Å²) in [7, 11) is 0. The number of unbranched alkanes of at least 4 members (excludes halogenated alkanes) is 2. The molecule has 2 aromatic rings. The van der Waals surface area contributed by atoms with Crippen LogP contribution in [0.25, 0.3) is 0 Å². The summed E-state index contributed by atoms with van der Waals surface area (Å²) < 4.78 is 10.9. The summed E-state index contributed by atoms with van der Waals surface area (Å²) in [5.41, 5.74) is 0.594. The molecule has 138 valence electrons. The quantitative estimate of drug-likeness (QED) is 0.303. The molecule has 5 heteroatoms. The van der Waals surface area contributed by atoms with Gasteiger partial charge >= 0.3 is 5.97 Å². The lowest BCUT2D eigenvalue weighted by Gasteiger charge is -2.08. The average molecular weight is 356 g/mol. The topological polar surface area (TPSA) is 72.8 Å². The Morgan fingerprint density at radius 1 is 0.962 bits per heavy atom. The molecule has 0 aromatic heterocycles. The molecule has 0 aliphatic carbocycles. The summed E-state index contributed by atoms with van der Waals surface area (Å²) in [6.45, 7) is 4.50. The molecule has 0 aliphatic rings. The summed E-state index contributed by atoms with van der Waals surface area (Å²) in [6, 6.07) is 10.9. The van der Waals surface area contributed by atoms with Gasteiger partial charge in [-0.2, -0.15) is 0 Å². The van der Waals surface area contributed by atoms with Crippen LogP contribution in [-0.2, 0) is 0 Å². The van der Waals surface area contributed by atoms with Gasteiger partial charge in [0.05, 0.1) is 17.7 Å². The first-order valence-electron chi connectivity index (χ1n) is 8.86. The molecular weight excluding hydrogens is 332 g/mol. The Balaban J connectivity index is 1.97. The van der Waals surface area contributed by atoms with Crippen LogP contribution in [0.1, 0.15) is 60.2 Å². The molecule has 2 rings (SSSR count). The Bertz CT molecular complexity index is 749. The maximum Gasteiger partial charge on any atom is 0.343 e. The van der Waals surface area contributed by atoms with E-state index in [9.17, 15) is 14.7 Å². The van der Waals surface area contributed by atoms with Crippen molar-refractivity contribution in [3.8, 4) is 17.2 Å². The van der Waals surface area contributed by atoms with E-state index in [-0.39, 0.29) is 22.8 Å². The molecule has 2 aromatic carbocycles. The minimum absolute atomic E-state index is 0.171. The van der Waals surface area contributed by atoms with E-state index in [1.165, 1.54) is 18.2 Å². The van der Waals surface area contributed by atoms with Crippen LogP contribution in [0.3, 0.4) is 0 Å². The number of Topliss-reactive ketones (excluding diaryl/α,β-unsaturated/α-hetero) is 1. The van der Waals surface area contributed by atoms with Crippen LogP contribution in [0.5, 0.6) is 17.2 Å². The maximum atomic E-state index is 12.2. The fraction of sp³-hybridized carbons (Fsp3) is 0.333. The number of phenols is 1. The normalized spacial score (nSPS) is 10.4. The lowest BCUT2D eigenvalue weighted by Crippen LogP contribution is -2.09. The first-order valence-corrected chi connectivity index (χ1v) is 8.86. The zero-order valence-corrected chi connectivity index (χ0v) is 15.2. The Morgan fingerprint density at radius 3 is 2.27 bits per heavy atom. The van der Waals surface area contributed by atoms with Gasteiger partial charge in [0, 0.05) is 12.5 Å². The van der Waals surface area contributed by atoms with Gasteiger partial charge < -0.3 is 14.6 Å². The lowest BCUT2D eigenvalue weighted by atomic mass is 10.1. The molecule has 0 unspecified atom stereocenters. The predicted octanol–water partition coefficient (Wildman–Crippen LogP) is 4.77. The van der Waals surface area contributed by atoms with Crippen molar-refractivity contribution in [3.63, 3.8) is 0 Å². The van der Waals surface area contributed by atoms with E-state index in [0.717, 1.165) is 19.3 Å². The SMILES string of the molecule is CCCCCOc1ccc(C(=O)Oc2ccc(C(=O)CC)c(O)c2)cc1. The molecule has 0 saturated carbocycles. The van der Waals surface area contributed by atoms with E-state index < -0.39 is 5.97 Å². The fourth-order valence-corrected chi connectivity index (χ4v) is 2.40. The van der Waals surface area contributed by atoms with Crippen LogP contribution < -0.4 is 9.47 Å². The van der Waals surface area contributed by atoms with E-state index in [1.807, 2.05) is 0 Å². The van der Waals surface area contributed by atoms with Gasteiger partial charge in [-0.15, -0.1) is 0 Å². The molecule has 1 N–H and O–H groups in total. The van der Waals surface area contributed by atoms with Crippen molar-refractivity contribution in [1.82, 2.24) is 0 Å². The zero-order valence-electron chi connectivity index (χ0n) is 15.2. The highest BCUT2D eigenvalue weighted by atomic mass is 16.5. The van der Waals surface area contributed by atoms with Gasteiger partial charge in [-0.3, -0.25) is 4.79 Å². The summed E-state index contributed by atoms with van der Waals surface area (Å²) >= 11 is 0. The summed E-state index contributed by atoms with van der Waals surface area (Å²) in [6.07, 6.45) is 3.55. The van der Waals surface area contributed by atoms with Crippen molar-refractivity contribution < 1.29 is 24.2 Å². The van der Waals surface area contributed by atoms with Gasteiger partial charge in [-0.05, 0) is 42.8 Å². The Labute approximate surface area is 153 Å². The number of esters is 1. The Hall–Kier alpha value is -2.82. The third-order valence-corrected chi connectivity index (χ3v) is 3.91. The van der Waals surface area contributed by atoms with E-state index in [0.29, 0.717) is 24.3 Å². The molecule has 0 heterocycles. The van der Waals surface area contributed by atoms with Crippen LogP contribution in [0.15, 0.2) is 42.5 Å². The van der Waals surface area contributed by atoms with E-state index in [2.05, 4.69) is 6.92 Å². The largest absolute Gasteiger partial charge is 0.507 e. The molecule has 0 fully saturated rings. The number of ether oxygens (including phenoxy) is 2. The summed E-state index contributed by atoms with van der Waals surface area (Å²) in [5, 5.41) is 9.90. The fourth-order valence-electron chi connectivity index (χ4n) is 2.40. The van der Waals surface area contributed by atoms with Gasteiger partial charge in [-0.25, -0.2) is 4.79 Å². The van der Waals surface area contributed by atoms with Crippen molar-refractivity contribution >= 4 is 11.8 Å². The first-order chi connectivity index (χ1) is 12.5. The third-order valence-electron chi connectivity index (χ3n) is 3.91. The standard InChI is InChI=1S/C21H24O5/c1-3-5-6-13-25-16-9-7-15(8-10-16)21(24)26-17-11-12-18(19(22)4-2)20(23)14-17/h7-12,14,23H,3-6,13H2,1-2H3. The zero-order chi connectivity index (χ0) is 18.9. The number of rotatable bonds is 9. The highest BCUT2D eigenvalue weighted by Crippen LogP contribution is 2.25. The van der Waals surface area contributed by atoms with E-state index in [4.69, 9.17) is 9.47 Å². The second-order valence-corrected chi connectivity index (χ2v) is 5.93. The van der Waals surface area contributed by atoms with Crippen LogP contribution in [-0.4, -0.2) is 23.5 Å². The van der Waals surface area contributed by atoms with E-state index >= 15 is 0 Å². The van der Waals surface area contributed by atoms with Crippen molar-refractivity contribution in [2.45, 2.75) is 39.5 Å². The molecular formula is C21H24O5. The number of hydrogen-bond acceptors (Lipinski definition) is 5. The first kappa shape index (κ1) is 19.5. The predicted molar refractivity (Wildman–Crippen MR) is 99.1 cm³/mol. The number of hydrogen-bond donors (Lipinski definition) is 1. The minimum atomic E-state index is -0.545. The van der Waals surface area contributed by atoms with Crippen LogP contribution >= 0.6 is 0 Å². The van der Waals surface area contributed by atoms with Crippen LogP contribution in [0.4, 0.5) is 0 Å². The Morgan fingerprint density at radius 2 is 1.65 bits per heavy atom. The molecule has 0 saturated heterocycles. The second kappa shape index (κ2) is 9.61. The number of benzene rings is 2. The van der Waals surface area contributed by atoms with E-state index in [1.54, 1.807) is 31.2 Å². The van der Waals surface area contributed by atoms with Gasteiger partial charge in [0.25, 0.3) is 0 Å². The molecule has 0 atom stereocenters. The molecule has 5 nitrogen and oxygen atoms in total. The summed E-state index contributed by atoms with van der Waals surface area (Å²) in [4.78, 5) is 23.9. The number of carbonyl (C=O) groups excluding carboxylic acids is 2. The van der Waals surface area contributed by atoms with Gasteiger partial charge in [0.15, 0.2) is 5.78 Å². The average Bonchev–Trinajstić information content (AvgIpc) is 2.65. The molecule has 0 spiro atoms. The van der Waals surface area contributed by atoms with Crippen LogP contribution in [0, 0.1) is 0 Å². The molecule has 0 radical (unpaired) electrons. The number of aromatic hydroxyl groups is 1. The number of carbonyl (C=O) groups is 2. The minimum Gasteiger partial charge on any atom is -0.507 e. The number of phenolic OH excluding ortho intramolecular Hbond substituents is 1. The molecule has 0 bridgehead atoms. The van der Waals surface area contributed by atoms with Crippen molar-refractivity contribution in [3.05, 3.63) is 53.6 Å². The monoisotopic (exact) mass is 356 g/mol. The van der Waals surface area contributed by atoms with Gasteiger partial charge in [0.1, 0.15) is 17.2 Å². The van der Waals surface area contributed by atoms with Crippen molar-refractivity contribution in [2.75, 3.05) is 6.61 Å². The highest BCUT2D eigenvalue weighted by Gasteiger charge is 2.13. The van der Waals surface area contributed by atoms with Gasteiger partial charge in [0.2, 0.25) is 0 Å². The molecule has 0 aliphatic heterocycles. The smallest absolute Gasteiger partial charge is 0.343 e. The third kappa shape index (κ3) is 5.34. The molecule has 0 amide bonds. The van der Waals surface area contributed by atoms with Crippen molar-refractivity contribution in [1.29, 1.82) is 0 Å². The molecule has 26 heavy (non-hydrogen) atoms.